The van der Waals surface area contributed by atoms with Gasteiger partial charge in [0.2, 0.25) is 0 Å². The zero-order valence-corrected chi connectivity index (χ0v) is 19.7. The van der Waals surface area contributed by atoms with E-state index in [2.05, 4.69) is 11.1 Å². The van der Waals surface area contributed by atoms with Crippen molar-refractivity contribution in [3.05, 3.63) is 71.9 Å². The molecule has 3 aromatic rings. The summed E-state index contributed by atoms with van der Waals surface area (Å²) in [5, 5.41) is 11.8. The Balaban J connectivity index is 1.49. The van der Waals surface area contributed by atoms with Gasteiger partial charge in [-0.05, 0) is 48.6 Å². The van der Waals surface area contributed by atoms with Crippen LogP contribution < -0.4 is 10.6 Å². The molecule has 2 atom stereocenters. The Labute approximate surface area is 200 Å². The van der Waals surface area contributed by atoms with Gasteiger partial charge >= 0.3 is 5.91 Å². The fourth-order valence-electron chi connectivity index (χ4n) is 4.91. The predicted octanol–water partition coefficient (Wildman–Crippen LogP) is 5.43. The lowest BCUT2D eigenvalue weighted by Gasteiger charge is -2.30. The van der Waals surface area contributed by atoms with E-state index in [0.29, 0.717) is 12.5 Å². The monoisotopic (exact) mass is 464 g/mol. The van der Waals surface area contributed by atoms with Gasteiger partial charge in [0.15, 0.2) is 6.54 Å². The van der Waals surface area contributed by atoms with Crippen LogP contribution in [0, 0.1) is 5.92 Å². The van der Waals surface area contributed by atoms with E-state index in [0.717, 1.165) is 53.6 Å². The highest BCUT2D eigenvalue weighted by Crippen LogP contribution is 2.37. The highest BCUT2D eigenvalue weighted by molar-refractivity contribution is 5.78. The second-order valence-electron chi connectivity index (χ2n) is 9.22. The minimum atomic E-state index is -1.23. The van der Waals surface area contributed by atoms with Gasteiger partial charge < -0.3 is 4.74 Å². The summed E-state index contributed by atoms with van der Waals surface area (Å²) in [6, 6.07) is 19.9. The van der Waals surface area contributed by atoms with Crippen LogP contribution in [0.4, 0.5) is 0 Å². The smallest absolute Gasteiger partial charge is 0.377 e. The number of amides is 1. The lowest BCUT2D eigenvalue weighted by atomic mass is 9.81. The minimum absolute atomic E-state index is 0.0632. The van der Waals surface area contributed by atoms with E-state index in [9.17, 15) is 10.0 Å². The molecule has 3 N–H and O–H groups in total. The number of carbonyl (C=O) groups is 1. The van der Waals surface area contributed by atoms with Gasteiger partial charge in [0.05, 0.1) is 18.1 Å². The molecule has 0 bridgehead atoms. The van der Waals surface area contributed by atoms with Crippen molar-refractivity contribution in [1.29, 1.82) is 0 Å². The first-order valence-corrected chi connectivity index (χ1v) is 12.1. The molecule has 1 aliphatic rings. The zero-order chi connectivity index (χ0) is 24.0. The number of hydrogen-bond donors (Lipinski definition) is 2. The summed E-state index contributed by atoms with van der Waals surface area (Å²) in [5.41, 5.74) is 2.85. The van der Waals surface area contributed by atoms with Crippen molar-refractivity contribution < 1.29 is 24.5 Å². The molecule has 1 aromatic heterocycles. The van der Waals surface area contributed by atoms with Crippen LogP contribution in [0.1, 0.15) is 62.6 Å². The number of carbonyl (C=O) groups excluding carboxylic acids is 1. The van der Waals surface area contributed by atoms with Gasteiger partial charge in [-0.25, -0.2) is 9.78 Å². The van der Waals surface area contributed by atoms with E-state index in [4.69, 9.17) is 15.6 Å². The Bertz CT molecular complexity index is 1100. The molecule has 1 saturated carbocycles. The van der Waals surface area contributed by atoms with Crippen molar-refractivity contribution in [2.45, 2.75) is 58.0 Å². The third-order valence-electron chi connectivity index (χ3n) is 6.93. The standard InChI is InChI=1S/C27H34N3O4/c1-20(31)30(32,34-28)18-26(21-8-4-2-3-5-9-21)22-13-16-25(17-14-22)33-19-24-15-12-23-10-6-7-11-27(23)29-24/h6-7,10-17,21,26,32H,2-5,8-9,18-19,28H2,1H3/q+1. The summed E-state index contributed by atoms with van der Waals surface area (Å²) in [7, 11) is 0. The lowest BCUT2D eigenvalue weighted by molar-refractivity contribution is -1.19. The van der Waals surface area contributed by atoms with Gasteiger partial charge in [0.25, 0.3) is 0 Å². The number of benzene rings is 2. The average molecular weight is 465 g/mol. The number of rotatable bonds is 8. The summed E-state index contributed by atoms with van der Waals surface area (Å²) in [4.78, 5) is 20.2. The van der Waals surface area contributed by atoms with Crippen molar-refractivity contribution in [1.82, 2.24) is 4.98 Å². The Morgan fingerprint density at radius 3 is 2.44 bits per heavy atom. The van der Waals surface area contributed by atoms with Gasteiger partial charge in [-0.2, -0.15) is 11.1 Å². The number of nitrogens with zero attached hydrogens (tertiary/aromatic N) is 2. The quantitative estimate of drug-likeness (QED) is 0.200. The SMILES string of the molecule is CC(=O)[N+](O)(CC(c1ccc(OCc2ccc3ccccc3n2)cc1)C1CCCCCC1)ON. The summed E-state index contributed by atoms with van der Waals surface area (Å²) < 4.78 is 5.99. The Morgan fingerprint density at radius 1 is 1.06 bits per heavy atom. The molecular formula is C27H34N3O4+. The highest BCUT2D eigenvalue weighted by atomic mass is 17.0. The molecule has 7 nitrogen and oxygen atoms in total. The lowest BCUT2D eigenvalue weighted by Crippen LogP contribution is -2.53. The summed E-state index contributed by atoms with van der Waals surface area (Å²) in [6.07, 6.45) is 6.85. The highest BCUT2D eigenvalue weighted by Gasteiger charge is 2.41. The van der Waals surface area contributed by atoms with Crippen LogP contribution in [0.3, 0.4) is 0 Å². The number of hydroxylamine groups is 4. The molecule has 1 aliphatic carbocycles. The van der Waals surface area contributed by atoms with Gasteiger partial charge in [-0.3, -0.25) is 0 Å². The van der Waals surface area contributed by atoms with Crippen molar-refractivity contribution in [3.8, 4) is 5.75 Å². The summed E-state index contributed by atoms with van der Waals surface area (Å²) in [6.45, 7) is 1.74. The summed E-state index contributed by atoms with van der Waals surface area (Å²) in [5.74, 6) is 5.81. The average Bonchev–Trinajstić information content (AvgIpc) is 3.15. The van der Waals surface area contributed by atoms with Gasteiger partial charge in [0.1, 0.15) is 12.4 Å². The predicted molar refractivity (Wildman–Crippen MR) is 129 cm³/mol. The number of aromatic nitrogens is 1. The number of quaternary nitrogens is 1. The first kappa shape index (κ1) is 24.3. The second-order valence-corrected chi connectivity index (χ2v) is 9.22. The van der Waals surface area contributed by atoms with Crippen LogP contribution in [-0.2, 0) is 16.3 Å². The van der Waals surface area contributed by atoms with Crippen LogP contribution in [0.5, 0.6) is 5.75 Å². The first-order valence-electron chi connectivity index (χ1n) is 12.1. The molecule has 0 radical (unpaired) electrons. The third kappa shape index (κ3) is 5.80. The topological polar surface area (TPSA) is 94.7 Å². The van der Waals surface area contributed by atoms with E-state index in [1.807, 2.05) is 54.6 Å². The van der Waals surface area contributed by atoms with Crippen LogP contribution in [0.15, 0.2) is 60.7 Å². The van der Waals surface area contributed by atoms with Crippen molar-refractivity contribution >= 4 is 16.8 Å². The normalized spacial score (nSPS) is 17.6. The number of ether oxygens (including phenoxy) is 1. The molecule has 2 aromatic carbocycles. The van der Waals surface area contributed by atoms with Crippen molar-refractivity contribution in [2.75, 3.05) is 6.54 Å². The molecule has 0 saturated heterocycles. The molecule has 2 unspecified atom stereocenters. The fraction of sp³-hybridized carbons (Fsp3) is 0.407. The fourth-order valence-corrected chi connectivity index (χ4v) is 4.91. The van der Waals surface area contributed by atoms with Crippen LogP contribution in [-0.4, -0.2) is 27.5 Å². The van der Waals surface area contributed by atoms with Gasteiger partial charge in [0, 0.05) is 16.1 Å². The molecule has 0 spiro atoms. The number of fused-ring (bicyclic) bond motifs is 1. The van der Waals surface area contributed by atoms with Gasteiger partial charge in [-0.1, -0.05) is 67.0 Å². The number of nitrogens with two attached hydrogens (primary N) is 1. The van der Waals surface area contributed by atoms with E-state index in [-0.39, 0.29) is 12.5 Å². The Morgan fingerprint density at radius 2 is 1.76 bits per heavy atom. The number of hydrogen-bond acceptors (Lipinski definition) is 6. The number of pyridine rings is 1. The maximum absolute atomic E-state index is 12.1. The summed E-state index contributed by atoms with van der Waals surface area (Å²) >= 11 is 0. The van der Waals surface area contributed by atoms with E-state index >= 15 is 0 Å². The second kappa shape index (κ2) is 11.1. The van der Waals surface area contributed by atoms with Gasteiger partial charge in [-0.15, -0.1) is 0 Å². The van der Waals surface area contributed by atoms with Crippen molar-refractivity contribution in [2.24, 2.45) is 11.8 Å². The van der Waals surface area contributed by atoms with E-state index < -0.39 is 10.7 Å². The van der Waals surface area contributed by atoms with Crippen molar-refractivity contribution in [3.63, 3.8) is 0 Å². The molecule has 1 heterocycles. The zero-order valence-electron chi connectivity index (χ0n) is 19.7. The molecule has 34 heavy (non-hydrogen) atoms. The minimum Gasteiger partial charge on any atom is -0.487 e. The third-order valence-corrected chi connectivity index (χ3v) is 6.93. The Hall–Kier alpha value is -2.84. The Kier molecular flexibility index (Phi) is 7.90. The van der Waals surface area contributed by atoms with Crippen LogP contribution >= 0.6 is 0 Å². The molecule has 7 heteroatoms. The van der Waals surface area contributed by atoms with E-state index in [1.54, 1.807) is 0 Å². The number of para-hydroxylation sites is 1. The maximum Gasteiger partial charge on any atom is 0.377 e. The molecular weight excluding hydrogens is 430 g/mol. The largest absolute Gasteiger partial charge is 0.487 e. The van der Waals surface area contributed by atoms with Crippen LogP contribution in [0.25, 0.3) is 10.9 Å². The maximum atomic E-state index is 12.1. The molecule has 180 valence electrons. The van der Waals surface area contributed by atoms with E-state index in [1.165, 1.54) is 19.8 Å². The molecule has 4 rings (SSSR count). The first-order chi connectivity index (χ1) is 16.5. The molecule has 1 fully saturated rings. The van der Waals surface area contributed by atoms with Crippen LogP contribution in [0.2, 0.25) is 0 Å². The molecule has 1 amide bonds. The molecule has 0 aliphatic heterocycles.